The maximum Gasteiger partial charge on any atom is 0.265 e. The molecular weight excluding hydrogens is 274 g/mol. The van der Waals surface area contributed by atoms with E-state index in [2.05, 4.69) is 11.4 Å². The molecular formula is C19H21NO2. The topological polar surface area (TPSA) is 38.3 Å². The lowest BCUT2D eigenvalue weighted by atomic mass is 9.91. The first-order chi connectivity index (χ1) is 10.7. The predicted molar refractivity (Wildman–Crippen MR) is 88.2 cm³/mol. The molecule has 3 heteroatoms. The second kappa shape index (κ2) is 6.65. The summed E-state index contributed by atoms with van der Waals surface area (Å²) in [6.45, 7) is 1.79. The molecule has 1 amide bonds. The summed E-state index contributed by atoms with van der Waals surface area (Å²) in [4.78, 5) is 12.2. The number of aryl methyl sites for hydroxylation is 1. The van der Waals surface area contributed by atoms with Gasteiger partial charge in [0.15, 0.2) is 6.10 Å². The smallest absolute Gasteiger partial charge is 0.265 e. The first-order valence-electron chi connectivity index (χ1n) is 7.87. The van der Waals surface area contributed by atoms with Crippen LogP contribution in [0, 0.1) is 0 Å². The molecule has 3 rings (SSSR count). The summed E-state index contributed by atoms with van der Waals surface area (Å²) in [6.07, 6.45) is 4.06. The molecule has 1 N–H and O–H groups in total. The van der Waals surface area contributed by atoms with Gasteiger partial charge in [-0.05, 0) is 61.9 Å². The summed E-state index contributed by atoms with van der Waals surface area (Å²) < 4.78 is 5.93. The Kier molecular flexibility index (Phi) is 4.42. The molecule has 1 unspecified atom stereocenters. The van der Waals surface area contributed by atoms with Crippen molar-refractivity contribution in [2.24, 2.45) is 0 Å². The number of carbonyl (C=O) groups is 1. The largest absolute Gasteiger partial charge is 0.481 e. The third-order valence-electron chi connectivity index (χ3n) is 4.07. The van der Waals surface area contributed by atoms with E-state index in [0.717, 1.165) is 24.3 Å². The summed E-state index contributed by atoms with van der Waals surface area (Å²) in [5, 5.41) is 2.88. The van der Waals surface area contributed by atoms with Crippen molar-refractivity contribution in [1.29, 1.82) is 0 Å². The molecule has 2 aromatic rings. The second-order valence-corrected chi connectivity index (χ2v) is 5.72. The van der Waals surface area contributed by atoms with Gasteiger partial charge in [-0.2, -0.15) is 0 Å². The normalized spacial score (nSPS) is 14.8. The first-order valence-corrected chi connectivity index (χ1v) is 7.87. The molecule has 0 saturated carbocycles. The SMILES string of the molecule is CC(Oc1cccc2c1CCCC2)C(=O)Nc1ccccc1. The van der Waals surface area contributed by atoms with Crippen LogP contribution in [0.15, 0.2) is 48.5 Å². The monoisotopic (exact) mass is 295 g/mol. The number of hydrogen-bond donors (Lipinski definition) is 1. The zero-order valence-corrected chi connectivity index (χ0v) is 12.8. The molecule has 114 valence electrons. The van der Waals surface area contributed by atoms with Crippen molar-refractivity contribution in [2.45, 2.75) is 38.7 Å². The summed E-state index contributed by atoms with van der Waals surface area (Å²) >= 11 is 0. The number of ether oxygens (including phenoxy) is 1. The molecule has 3 nitrogen and oxygen atoms in total. The van der Waals surface area contributed by atoms with Gasteiger partial charge in [0.1, 0.15) is 5.75 Å². The number of para-hydroxylation sites is 1. The number of fused-ring (bicyclic) bond motifs is 1. The maximum absolute atomic E-state index is 12.2. The number of hydrogen-bond acceptors (Lipinski definition) is 2. The Balaban J connectivity index is 1.69. The van der Waals surface area contributed by atoms with E-state index in [-0.39, 0.29) is 5.91 Å². The van der Waals surface area contributed by atoms with Crippen molar-refractivity contribution in [1.82, 2.24) is 0 Å². The van der Waals surface area contributed by atoms with Gasteiger partial charge in [0.05, 0.1) is 0 Å². The lowest BCUT2D eigenvalue weighted by Crippen LogP contribution is -2.30. The molecule has 0 aromatic heterocycles. The zero-order valence-electron chi connectivity index (χ0n) is 12.8. The third-order valence-corrected chi connectivity index (χ3v) is 4.07. The molecule has 1 aliphatic carbocycles. The minimum absolute atomic E-state index is 0.125. The van der Waals surface area contributed by atoms with E-state index in [1.807, 2.05) is 42.5 Å². The highest BCUT2D eigenvalue weighted by Crippen LogP contribution is 2.30. The lowest BCUT2D eigenvalue weighted by molar-refractivity contribution is -0.122. The molecule has 0 fully saturated rings. The standard InChI is InChI=1S/C19H21NO2/c1-14(19(21)20-16-10-3-2-4-11-16)22-18-13-7-9-15-8-5-6-12-17(15)18/h2-4,7,9-11,13-14H,5-6,8,12H2,1H3,(H,20,21). The third kappa shape index (κ3) is 3.30. The highest BCUT2D eigenvalue weighted by atomic mass is 16.5. The number of rotatable bonds is 4. The van der Waals surface area contributed by atoms with Crippen LogP contribution in [0.4, 0.5) is 5.69 Å². The van der Waals surface area contributed by atoms with Crippen LogP contribution in [-0.4, -0.2) is 12.0 Å². The van der Waals surface area contributed by atoms with Crippen LogP contribution in [0.3, 0.4) is 0 Å². The summed E-state index contributed by atoms with van der Waals surface area (Å²) in [6, 6.07) is 15.6. The first kappa shape index (κ1) is 14.6. The van der Waals surface area contributed by atoms with E-state index in [4.69, 9.17) is 4.74 Å². The Morgan fingerprint density at radius 2 is 1.82 bits per heavy atom. The number of carbonyl (C=O) groups excluding carboxylic acids is 1. The van der Waals surface area contributed by atoms with E-state index in [1.54, 1.807) is 6.92 Å². The van der Waals surface area contributed by atoms with E-state index >= 15 is 0 Å². The van der Waals surface area contributed by atoms with Crippen LogP contribution in [-0.2, 0) is 17.6 Å². The van der Waals surface area contributed by atoms with Crippen LogP contribution in [0.2, 0.25) is 0 Å². The van der Waals surface area contributed by atoms with Crippen LogP contribution in [0.1, 0.15) is 30.9 Å². The van der Waals surface area contributed by atoms with Crippen LogP contribution < -0.4 is 10.1 Å². The molecule has 0 spiro atoms. The van der Waals surface area contributed by atoms with Gasteiger partial charge in [-0.1, -0.05) is 30.3 Å². The van der Waals surface area contributed by atoms with E-state index in [0.29, 0.717) is 0 Å². The molecule has 1 aliphatic rings. The van der Waals surface area contributed by atoms with Crippen LogP contribution in [0.5, 0.6) is 5.75 Å². The van der Waals surface area contributed by atoms with Crippen molar-refractivity contribution in [3.8, 4) is 5.75 Å². The Morgan fingerprint density at radius 1 is 1.05 bits per heavy atom. The summed E-state index contributed by atoms with van der Waals surface area (Å²) in [5.74, 6) is 0.729. The van der Waals surface area contributed by atoms with Gasteiger partial charge in [0, 0.05) is 5.69 Å². The second-order valence-electron chi connectivity index (χ2n) is 5.72. The van der Waals surface area contributed by atoms with Gasteiger partial charge >= 0.3 is 0 Å². The van der Waals surface area contributed by atoms with Gasteiger partial charge in [0.2, 0.25) is 0 Å². The minimum Gasteiger partial charge on any atom is -0.481 e. The fourth-order valence-electron chi connectivity index (χ4n) is 2.87. The number of nitrogens with one attached hydrogen (secondary N) is 1. The van der Waals surface area contributed by atoms with Crippen molar-refractivity contribution in [2.75, 3.05) is 5.32 Å². The molecule has 2 aromatic carbocycles. The van der Waals surface area contributed by atoms with E-state index < -0.39 is 6.10 Å². The minimum atomic E-state index is -0.520. The summed E-state index contributed by atoms with van der Waals surface area (Å²) in [7, 11) is 0. The van der Waals surface area contributed by atoms with E-state index in [1.165, 1.54) is 24.0 Å². The Morgan fingerprint density at radius 3 is 2.64 bits per heavy atom. The van der Waals surface area contributed by atoms with Gasteiger partial charge in [-0.15, -0.1) is 0 Å². The van der Waals surface area contributed by atoms with E-state index in [9.17, 15) is 4.79 Å². The van der Waals surface area contributed by atoms with Gasteiger partial charge in [-0.25, -0.2) is 0 Å². The number of benzene rings is 2. The molecule has 0 heterocycles. The average molecular weight is 295 g/mol. The van der Waals surface area contributed by atoms with Gasteiger partial charge in [0.25, 0.3) is 5.91 Å². The number of anilines is 1. The van der Waals surface area contributed by atoms with Crippen molar-refractivity contribution >= 4 is 11.6 Å². The molecule has 1 atom stereocenters. The van der Waals surface area contributed by atoms with Gasteiger partial charge < -0.3 is 10.1 Å². The van der Waals surface area contributed by atoms with Crippen molar-refractivity contribution in [3.05, 3.63) is 59.7 Å². The Bertz CT molecular complexity index is 652. The summed E-state index contributed by atoms with van der Waals surface area (Å²) in [5.41, 5.74) is 3.42. The highest BCUT2D eigenvalue weighted by molar-refractivity contribution is 5.94. The molecule has 0 radical (unpaired) electrons. The zero-order chi connectivity index (χ0) is 15.4. The molecule has 0 saturated heterocycles. The Labute approximate surface area is 131 Å². The maximum atomic E-state index is 12.2. The van der Waals surface area contributed by atoms with Crippen LogP contribution in [0.25, 0.3) is 0 Å². The van der Waals surface area contributed by atoms with Crippen molar-refractivity contribution in [3.63, 3.8) is 0 Å². The fraction of sp³-hybridized carbons (Fsp3) is 0.316. The van der Waals surface area contributed by atoms with Gasteiger partial charge in [-0.3, -0.25) is 4.79 Å². The van der Waals surface area contributed by atoms with Crippen LogP contribution >= 0.6 is 0 Å². The predicted octanol–water partition coefficient (Wildman–Crippen LogP) is 3.97. The quantitative estimate of drug-likeness (QED) is 0.926. The Hall–Kier alpha value is -2.29. The average Bonchev–Trinajstić information content (AvgIpc) is 2.56. The molecule has 0 bridgehead atoms. The molecule has 22 heavy (non-hydrogen) atoms. The highest BCUT2D eigenvalue weighted by Gasteiger charge is 2.19. The van der Waals surface area contributed by atoms with Crippen molar-refractivity contribution < 1.29 is 9.53 Å². The fourth-order valence-corrected chi connectivity index (χ4v) is 2.87. The lowest BCUT2D eigenvalue weighted by Gasteiger charge is -2.22. The molecule has 0 aliphatic heterocycles. The number of amides is 1.